The van der Waals surface area contributed by atoms with Gasteiger partial charge in [-0.2, -0.15) is 0 Å². The monoisotopic (exact) mass is 234 g/mol. The Balaban J connectivity index is 1.91. The summed E-state index contributed by atoms with van der Waals surface area (Å²) >= 11 is 1.68. The third kappa shape index (κ3) is 1.96. The molecule has 0 spiro atoms. The molecular weight excluding hydrogens is 220 g/mol. The number of thiazole rings is 1. The van der Waals surface area contributed by atoms with E-state index in [-0.39, 0.29) is 0 Å². The van der Waals surface area contributed by atoms with Crippen molar-refractivity contribution in [2.24, 2.45) is 0 Å². The summed E-state index contributed by atoms with van der Waals surface area (Å²) in [5.74, 6) is 0. The summed E-state index contributed by atoms with van der Waals surface area (Å²) < 4.78 is 6.82. The smallest absolute Gasteiger partial charge is 0.0815 e. The third-order valence-electron chi connectivity index (χ3n) is 2.90. The highest BCUT2D eigenvalue weighted by Crippen LogP contribution is 2.23. The summed E-state index contributed by atoms with van der Waals surface area (Å²) in [5, 5.41) is 3.51. The van der Waals surface area contributed by atoms with Gasteiger partial charge in [0.15, 0.2) is 0 Å². The van der Waals surface area contributed by atoms with Crippen LogP contribution < -0.4 is 5.32 Å². The van der Waals surface area contributed by atoms with Crippen molar-refractivity contribution in [1.82, 2.24) is 10.3 Å². The maximum Gasteiger partial charge on any atom is 0.0815 e. The maximum atomic E-state index is 5.57. The minimum Gasteiger partial charge on any atom is -0.379 e. The largest absolute Gasteiger partial charge is 0.379 e. The van der Waals surface area contributed by atoms with E-state index >= 15 is 0 Å². The predicted octanol–water partition coefficient (Wildman–Crippen LogP) is 2.35. The van der Waals surface area contributed by atoms with E-state index in [4.69, 9.17) is 4.74 Å². The van der Waals surface area contributed by atoms with Crippen molar-refractivity contribution >= 4 is 21.6 Å². The zero-order valence-electron chi connectivity index (χ0n) is 8.98. The van der Waals surface area contributed by atoms with Gasteiger partial charge in [0.1, 0.15) is 0 Å². The lowest BCUT2D eigenvalue weighted by Crippen LogP contribution is -2.23. The Morgan fingerprint density at radius 3 is 3.44 bits per heavy atom. The fourth-order valence-electron chi connectivity index (χ4n) is 2.02. The van der Waals surface area contributed by atoms with Crippen molar-refractivity contribution in [1.29, 1.82) is 0 Å². The number of ether oxygens (including phenoxy) is 1. The van der Waals surface area contributed by atoms with E-state index in [1.54, 1.807) is 11.3 Å². The first-order valence-corrected chi connectivity index (χ1v) is 6.46. The van der Waals surface area contributed by atoms with Gasteiger partial charge in [0.25, 0.3) is 0 Å². The lowest BCUT2D eigenvalue weighted by Gasteiger charge is -2.15. The lowest BCUT2D eigenvalue weighted by molar-refractivity contribution is 0.131. The Labute approximate surface area is 98.5 Å². The highest BCUT2D eigenvalue weighted by molar-refractivity contribution is 7.16. The molecule has 1 aliphatic heterocycles. The van der Waals surface area contributed by atoms with E-state index in [1.807, 2.05) is 5.51 Å². The first kappa shape index (κ1) is 10.2. The maximum absolute atomic E-state index is 5.57. The van der Waals surface area contributed by atoms with Crippen molar-refractivity contribution in [3.8, 4) is 0 Å². The zero-order chi connectivity index (χ0) is 10.8. The minimum absolute atomic E-state index is 0.314. The van der Waals surface area contributed by atoms with Crippen molar-refractivity contribution < 1.29 is 4.74 Å². The molecule has 1 aromatic carbocycles. The number of aromatic nitrogens is 1. The quantitative estimate of drug-likeness (QED) is 0.822. The van der Waals surface area contributed by atoms with Gasteiger partial charge in [0.2, 0.25) is 0 Å². The number of nitrogens with zero attached hydrogens (tertiary/aromatic N) is 1. The van der Waals surface area contributed by atoms with Crippen LogP contribution in [0.2, 0.25) is 0 Å². The highest BCUT2D eigenvalue weighted by Gasteiger charge is 2.14. The van der Waals surface area contributed by atoms with Crippen LogP contribution in [-0.4, -0.2) is 24.7 Å². The van der Waals surface area contributed by atoms with Crippen LogP contribution in [0.3, 0.4) is 0 Å². The Kier molecular flexibility index (Phi) is 2.86. The first-order chi connectivity index (χ1) is 7.93. The average Bonchev–Trinajstić information content (AvgIpc) is 2.61. The van der Waals surface area contributed by atoms with Gasteiger partial charge in [0, 0.05) is 6.61 Å². The van der Waals surface area contributed by atoms with E-state index in [0.29, 0.717) is 6.04 Å². The van der Waals surface area contributed by atoms with Gasteiger partial charge in [-0.15, -0.1) is 11.3 Å². The van der Waals surface area contributed by atoms with Gasteiger partial charge >= 0.3 is 0 Å². The molecule has 0 saturated carbocycles. The van der Waals surface area contributed by atoms with Crippen molar-refractivity contribution in [3.05, 3.63) is 29.3 Å². The highest BCUT2D eigenvalue weighted by atomic mass is 32.1. The molecule has 1 saturated heterocycles. The van der Waals surface area contributed by atoms with Crippen LogP contribution in [0.4, 0.5) is 0 Å². The van der Waals surface area contributed by atoms with Crippen LogP contribution in [-0.2, 0) is 4.74 Å². The number of benzene rings is 1. The topological polar surface area (TPSA) is 34.1 Å². The summed E-state index contributed by atoms with van der Waals surface area (Å²) in [6.45, 7) is 2.65. The molecule has 0 bridgehead atoms. The normalized spacial score (nSPS) is 22.1. The number of rotatable bonds is 1. The second-order valence-electron chi connectivity index (χ2n) is 4.01. The summed E-state index contributed by atoms with van der Waals surface area (Å²) in [4.78, 5) is 4.35. The van der Waals surface area contributed by atoms with Gasteiger partial charge in [-0.05, 0) is 30.7 Å². The van der Waals surface area contributed by atoms with E-state index in [2.05, 4.69) is 28.5 Å². The van der Waals surface area contributed by atoms with E-state index < -0.39 is 0 Å². The van der Waals surface area contributed by atoms with E-state index in [0.717, 1.165) is 31.7 Å². The second kappa shape index (κ2) is 4.49. The summed E-state index contributed by atoms with van der Waals surface area (Å²) in [6, 6.07) is 6.80. The second-order valence-corrected chi connectivity index (χ2v) is 4.90. The number of nitrogens with one attached hydrogen (secondary N) is 1. The van der Waals surface area contributed by atoms with Crippen LogP contribution in [0, 0.1) is 0 Å². The minimum atomic E-state index is 0.314. The molecule has 16 heavy (non-hydrogen) atoms. The molecule has 4 heteroatoms. The molecule has 1 N–H and O–H groups in total. The Hall–Kier alpha value is -0.970. The van der Waals surface area contributed by atoms with Crippen molar-refractivity contribution in [2.45, 2.75) is 12.5 Å². The Bertz CT molecular complexity index is 475. The van der Waals surface area contributed by atoms with E-state index in [9.17, 15) is 0 Å². The molecule has 1 aliphatic rings. The standard InChI is InChI=1S/C12H14N2OS/c1-4-13-11(7-15-5-1)9-2-3-12-10(6-9)14-8-16-12/h2-3,6,8,11,13H,1,4-5,7H2. The third-order valence-corrected chi connectivity index (χ3v) is 3.71. The van der Waals surface area contributed by atoms with Gasteiger partial charge in [-0.25, -0.2) is 4.98 Å². The molecule has 3 rings (SSSR count). The molecule has 2 heterocycles. The van der Waals surface area contributed by atoms with Gasteiger partial charge < -0.3 is 10.1 Å². The van der Waals surface area contributed by atoms with Crippen LogP contribution in [0.25, 0.3) is 10.2 Å². The fourth-order valence-corrected chi connectivity index (χ4v) is 2.68. The predicted molar refractivity (Wildman–Crippen MR) is 65.8 cm³/mol. The summed E-state index contributed by atoms with van der Waals surface area (Å²) in [7, 11) is 0. The summed E-state index contributed by atoms with van der Waals surface area (Å²) in [5.41, 5.74) is 4.26. The summed E-state index contributed by atoms with van der Waals surface area (Å²) in [6.07, 6.45) is 1.09. The van der Waals surface area contributed by atoms with E-state index in [1.165, 1.54) is 10.3 Å². The lowest BCUT2D eigenvalue weighted by atomic mass is 10.1. The van der Waals surface area contributed by atoms with Gasteiger partial charge in [-0.1, -0.05) is 6.07 Å². The SMILES string of the molecule is c1nc2cc(C3COCCCN3)ccc2s1. The number of hydrogen-bond donors (Lipinski definition) is 1. The molecule has 1 aromatic heterocycles. The number of hydrogen-bond acceptors (Lipinski definition) is 4. The molecule has 0 amide bonds. The number of fused-ring (bicyclic) bond motifs is 1. The molecule has 84 valence electrons. The molecular formula is C12H14N2OS. The van der Waals surface area contributed by atoms with Crippen molar-refractivity contribution in [3.63, 3.8) is 0 Å². The Morgan fingerprint density at radius 1 is 1.44 bits per heavy atom. The van der Waals surface area contributed by atoms with Crippen LogP contribution in [0.1, 0.15) is 18.0 Å². The van der Waals surface area contributed by atoms with Crippen LogP contribution in [0.15, 0.2) is 23.7 Å². The molecule has 3 nitrogen and oxygen atoms in total. The molecule has 0 aliphatic carbocycles. The molecule has 1 unspecified atom stereocenters. The molecule has 1 fully saturated rings. The fraction of sp³-hybridized carbons (Fsp3) is 0.417. The molecule has 1 atom stereocenters. The van der Waals surface area contributed by atoms with Crippen LogP contribution >= 0.6 is 11.3 Å². The van der Waals surface area contributed by atoms with Crippen LogP contribution in [0.5, 0.6) is 0 Å². The van der Waals surface area contributed by atoms with Crippen molar-refractivity contribution in [2.75, 3.05) is 19.8 Å². The van der Waals surface area contributed by atoms with Gasteiger partial charge in [0.05, 0.1) is 28.4 Å². The molecule has 0 radical (unpaired) electrons. The Morgan fingerprint density at radius 2 is 2.44 bits per heavy atom. The first-order valence-electron chi connectivity index (χ1n) is 5.58. The average molecular weight is 234 g/mol. The van der Waals surface area contributed by atoms with Gasteiger partial charge in [-0.3, -0.25) is 0 Å². The zero-order valence-corrected chi connectivity index (χ0v) is 9.80. The molecule has 2 aromatic rings.